The molecular formula is C16H25ClN2O. The van der Waals surface area contributed by atoms with E-state index in [0.29, 0.717) is 18.5 Å². The summed E-state index contributed by atoms with van der Waals surface area (Å²) in [6.45, 7) is 7.45. The SMILES string of the molecule is Cc1ccccc1C1CC(C)N(C(=O)C(C)CN)C1.Cl. The van der Waals surface area contributed by atoms with Crippen LogP contribution in [0.1, 0.15) is 37.3 Å². The van der Waals surface area contributed by atoms with E-state index < -0.39 is 0 Å². The Hall–Kier alpha value is -1.06. The maximum Gasteiger partial charge on any atom is 0.226 e. The smallest absolute Gasteiger partial charge is 0.226 e. The molecule has 2 rings (SSSR count). The van der Waals surface area contributed by atoms with Crippen LogP contribution in [0.4, 0.5) is 0 Å². The van der Waals surface area contributed by atoms with E-state index in [2.05, 4.69) is 38.1 Å². The zero-order chi connectivity index (χ0) is 14.0. The maximum absolute atomic E-state index is 12.3. The van der Waals surface area contributed by atoms with Crippen LogP contribution in [0.3, 0.4) is 0 Å². The lowest BCUT2D eigenvalue weighted by Gasteiger charge is -2.24. The van der Waals surface area contributed by atoms with E-state index in [0.717, 1.165) is 13.0 Å². The number of nitrogens with two attached hydrogens (primary N) is 1. The third kappa shape index (κ3) is 3.33. The molecule has 1 aliphatic heterocycles. The molecule has 20 heavy (non-hydrogen) atoms. The predicted octanol–water partition coefficient (Wildman–Crippen LogP) is 2.72. The predicted molar refractivity (Wildman–Crippen MR) is 85.2 cm³/mol. The Morgan fingerprint density at radius 2 is 2.10 bits per heavy atom. The summed E-state index contributed by atoms with van der Waals surface area (Å²) >= 11 is 0. The van der Waals surface area contributed by atoms with Crippen molar-refractivity contribution in [3.05, 3.63) is 35.4 Å². The van der Waals surface area contributed by atoms with Crippen molar-refractivity contribution in [1.82, 2.24) is 4.90 Å². The monoisotopic (exact) mass is 296 g/mol. The summed E-state index contributed by atoms with van der Waals surface area (Å²) in [6, 6.07) is 8.79. The van der Waals surface area contributed by atoms with Crippen LogP contribution in [-0.4, -0.2) is 29.9 Å². The number of carbonyl (C=O) groups excluding carboxylic acids is 1. The van der Waals surface area contributed by atoms with Crippen LogP contribution in [0.2, 0.25) is 0 Å². The molecule has 0 spiro atoms. The van der Waals surface area contributed by atoms with E-state index in [1.165, 1.54) is 11.1 Å². The lowest BCUT2D eigenvalue weighted by atomic mass is 9.93. The van der Waals surface area contributed by atoms with Gasteiger partial charge in [-0.3, -0.25) is 4.79 Å². The van der Waals surface area contributed by atoms with Gasteiger partial charge >= 0.3 is 0 Å². The van der Waals surface area contributed by atoms with Crippen molar-refractivity contribution in [3.63, 3.8) is 0 Å². The lowest BCUT2D eigenvalue weighted by Crippen LogP contribution is -2.40. The Morgan fingerprint density at radius 3 is 2.70 bits per heavy atom. The molecule has 1 amide bonds. The van der Waals surface area contributed by atoms with Crippen molar-refractivity contribution in [2.75, 3.05) is 13.1 Å². The van der Waals surface area contributed by atoms with Crippen LogP contribution in [-0.2, 0) is 4.79 Å². The van der Waals surface area contributed by atoms with Gasteiger partial charge in [0.15, 0.2) is 0 Å². The summed E-state index contributed by atoms with van der Waals surface area (Å²) in [7, 11) is 0. The van der Waals surface area contributed by atoms with Crippen molar-refractivity contribution in [1.29, 1.82) is 0 Å². The van der Waals surface area contributed by atoms with Gasteiger partial charge in [-0.1, -0.05) is 31.2 Å². The highest BCUT2D eigenvalue weighted by Gasteiger charge is 2.34. The number of amides is 1. The molecule has 1 fully saturated rings. The van der Waals surface area contributed by atoms with E-state index in [4.69, 9.17) is 5.73 Å². The number of aryl methyl sites for hydroxylation is 1. The van der Waals surface area contributed by atoms with Crippen molar-refractivity contribution in [2.45, 2.75) is 39.2 Å². The molecule has 0 aromatic heterocycles. The molecule has 3 nitrogen and oxygen atoms in total. The molecule has 0 aliphatic carbocycles. The van der Waals surface area contributed by atoms with Crippen LogP contribution < -0.4 is 5.73 Å². The van der Waals surface area contributed by atoms with Crippen molar-refractivity contribution in [2.24, 2.45) is 11.7 Å². The van der Waals surface area contributed by atoms with E-state index in [1.54, 1.807) is 0 Å². The molecule has 4 heteroatoms. The van der Waals surface area contributed by atoms with E-state index in [9.17, 15) is 4.79 Å². The summed E-state index contributed by atoms with van der Waals surface area (Å²) in [6.07, 6.45) is 1.05. The van der Waals surface area contributed by atoms with Gasteiger partial charge in [-0.15, -0.1) is 12.4 Å². The lowest BCUT2D eigenvalue weighted by molar-refractivity contribution is -0.135. The third-order valence-corrected chi connectivity index (χ3v) is 4.26. The zero-order valence-electron chi connectivity index (χ0n) is 12.5. The van der Waals surface area contributed by atoms with Crippen molar-refractivity contribution < 1.29 is 4.79 Å². The molecule has 1 aromatic carbocycles. The minimum absolute atomic E-state index is 0. The Balaban J connectivity index is 0.00000200. The molecule has 0 saturated carbocycles. The molecule has 1 aliphatic rings. The Labute approximate surface area is 127 Å². The maximum atomic E-state index is 12.3. The Kier molecular flexibility index (Phi) is 6.03. The molecule has 3 unspecified atom stereocenters. The van der Waals surface area contributed by atoms with Crippen LogP contribution >= 0.6 is 12.4 Å². The van der Waals surface area contributed by atoms with Gasteiger partial charge in [-0.05, 0) is 31.4 Å². The number of hydrogen-bond donors (Lipinski definition) is 1. The second-order valence-electron chi connectivity index (χ2n) is 5.77. The normalized spacial score (nSPS) is 23.3. The van der Waals surface area contributed by atoms with Crippen molar-refractivity contribution >= 4 is 18.3 Å². The van der Waals surface area contributed by atoms with Crippen molar-refractivity contribution in [3.8, 4) is 0 Å². The number of halogens is 1. The van der Waals surface area contributed by atoms with Crippen LogP contribution in [0, 0.1) is 12.8 Å². The summed E-state index contributed by atoms with van der Waals surface area (Å²) in [5.41, 5.74) is 8.31. The van der Waals surface area contributed by atoms with Crippen LogP contribution in [0.25, 0.3) is 0 Å². The molecule has 1 heterocycles. The van der Waals surface area contributed by atoms with Gasteiger partial charge < -0.3 is 10.6 Å². The minimum atomic E-state index is -0.0712. The highest BCUT2D eigenvalue weighted by Crippen LogP contribution is 2.33. The fraction of sp³-hybridized carbons (Fsp3) is 0.562. The first-order chi connectivity index (χ1) is 9.04. The Bertz CT molecular complexity index is 464. The summed E-state index contributed by atoms with van der Waals surface area (Å²) in [5, 5.41) is 0. The van der Waals surface area contributed by atoms with Gasteiger partial charge in [-0.2, -0.15) is 0 Å². The first-order valence-corrected chi connectivity index (χ1v) is 7.10. The second-order valence-corrected chi connectivity index (χ2v) is 5.77. The average Bonchev–Trinajstić information content (AvgIpc) is 2.79. The van der Waals surface area contributed by atoms with Gasteiger partial charge in [0.05, 0.1) is 0 Å². The van der Waals surface area contributed by atoms with Gasteiger partial charge in [0.2, 0.25) is 5.91 Å². The van der Waals surface area contributed by atoms with E-state index in [-0.39, 0.29) is 24.2 Å². The largest absolute Gasteiger partial charge is 0.339 e. The molecule has 0 radical (unpaired) electrons. The van der Waals surface area contributed by atoms with Gasteiger partial charge in [-0.25, -0.2) is 0 Å². The first-order valence-electron chi connectivity index (χ1n) is 7.10. The number of hydrogen-bond acceptors (Lipinski definition) is 2. The second kappa shape index (κ2) is 7.09. The highest BCUT2D eigenvalue weighted by molar-refractivity contribution is 5.85. The zero-order valence-corrected chi connectivity index (χ0v) is 13.3. The standard InChI is InChI=1S/C16H24N2O.ClH/c1-11-6-4-5-7-15(11)14-8-13(3)18(10-14)16(19)12(2)9-17;/h4-7,12-14H,8-10,17H2,1-3H3;1H. The van der Waals surface area contributed by atoms with E-state index in [1.807, 2.05) is 11.8 Å². The van der Waals surface area contributed by atoms with Gasteiger partial charge in [0.25, 0.3) is 0 Å². The average molecular weight is 297 g/mol. The number of likely N-dealkylation sites (tertiary alicyclic amines) is 1. The number of benzene rings is 1. The number of nitrogens with zero attached hydrogens (tertiary/aromatic N) is 1. The number of rotatable bonds is 3. The summed E-state index contributed by atoms with van der Waals surface area (Å²) < 4.78 is 0. The topological polar surface area (TPSA) is 46.3 Å². The molecular weight excluding hydrogens is 272 g/mol. The van der Waals surface area contributed by atoms with Crippen LogP contribution in [0.15, 0.2) is 24.3 Å². The summed E-state index contributed by atoms with van der Waals surface area (Å²) in [4.78, 5) is 14.3. The first kappa shape index (κ1) is 17.0. The molecule has 1 aromatic rings. The molecule has 112 valence electrons. The quantitative estimate of drug-likeness (QED) is 0.932. The van der Waals surface area contributed by atoms with Gasteiger partial charge in [0.1, 0.15) is 0 Å². The number of carbonyl (C=O) groups is 1. The fourth-order valence-corrected chi connectivity index (χ4v) is 2.99. The Morgan fingerprint density at radius 1 is 1.45 bits per heavy atom. The molecule has 3 atom stereocenters. The molecule has 1 saturated heterocycles. The molecule has 0 bridgehead atoms. The summed E-state index contributed by atoms with van der Waals surface area (Å²) in [5.74, 6) is 0.592. The fourth-order valence-electron chi connectivity index (χ4n) is 2.99. The molecule has 2 N–H and O–H groups in total. The van der Waals surface area contributed by atoms with Gasteiger partial charge in [0, 0.05) is 31.0 Å². The van der Waals surface area contributed by atoms with Crippen LogP contribution in [0.5, 0.6) is 0 Å². The minimum Gasteiger partial charge on any atom is -0.339 e. The highest BCUT2D eigenvalue weighted by atomic mass is 35.5. The van der Waals surface area contributed by atoms with E-state index >= 15 is 0 Å². The third-order valence-electron chi connectivity index (χ3n) is 4.26.